The molecule has 0 bridgehead atoms. The summed E-state index contributed by atoms with van der Waals surface area (Å²) < 4.78 is 0. The third-order valence-electron chi connectivity index (χ3n) is 5.51. The van der Waals surface area contributed by atoms with Gasteiger partial charge in [-0.3, -0.25) is 14.9 Å². The molecule has 154 valence electrons. The van der Waals surface area contributed by atoms with E-state index in [4.69, 9.17) is 5.21 Å². The molecule has 2 heterocycles. The number of nitrogens with zero attached hydrogens (tertiary/aromatic N) is 4. The van der Waals surface area contributed by atoms with E-state index in [1.54, 1.807) is 5.48 Å². The summed E-state index contributed by atoms with van der Waals surface area (Å²) in [7, 11) is 2.18. The Morgan fingerprint density at radius 2 is 1.93 bits per heavy atom. The van der Waals surface area contributed by atoms with Crippen molar-refractivity contribution in [1.29, 1.82) is 0 Å². The summed E-state index contributed by atoms with van der Waals surface area (Å²) in [6.07, 6.45) is 9.48. The fourth-order valence-corrected chi connectivity index (χ4v) is 3.52. The van der Waals surface area contributed by atoms with Crippen LogP contribution >= 0.6 is 0 Å². The van der Waals surface area contributed by atoms with Crippen molar-refractivity contribution < 1.29 is 10.0 Å². The normalized spacial score (nSPS) is 16.3. The topological polar surface area (TPSA) is 81.6 Å². The van der Waals surface area contributed by atoms with Crippen molar-refractivity contribution in [3.8, 4) is 0 Å². The van der Waals surface area contributed by atoms with E-state index >= 15 is 0 Å². The molecular weight excluding hydrogens is 366 g/mol. The second-order valence-corrected chi connectivity index (χ2v) is 7.59. The Balaban J connectivity index is 1.46. The van der Waals surface area contributed by atoms with E-state index in [9.17, 15) is 4.79 Å². The predicted octanol–water partition coefficient (Wildman–Crippen LogP) is 2.85. The average molecular weight is 396 g/mol. The third kappa shape index (κ3) is 5.85. The van der Waals surface area contributed by atoms with E-state index in [2.05, 4.69) is 70.2 Å². The Kier molecular flexibility index (Phi) is 7.32. The number of hydrogen-bond donors (Lipinski definition) is 2. The molecule has 1 unspecified atom stereocenters. The molecule has 2 aromatic rings. The minimum atomic E-state index is -0.603. The third-order valence-corrected chi connectivity index (χ3v) is 5.51. The Morgan fingerprint density at radius 3 is 2.55 bits per heavy atom. The van der Waals surface area contributed by atoms with Crippen molar-refractivity contribution in [3.63, 3.8) is 0 Å². The number of amides is 1. The number of piperidine rings is 1. The summed E-state index contributed by atoms with van der Waals surface area (Å²) in [5, 5.41) is 8.66. The molecule has 1 fully saturated rings. The van der Waals surface area contributed by atoms with Crippen LogP contribution in [0.3, 0.4) is 0 Å². The molecule has 1 aromatic heterocycles. The highest BCUT2D eigenvalue weighted by Gasteiger charge is 2.23. The van der Waals surface area contributed by atoms with Crippen molar-refractivity contribution in [2.45, 2.75) is 25.8 Å². The van der Waals surface area contributed by atoms with Crippen LogP contribution in [0.15, 0.2) is 48.8 Å². The lowest BCUT2D eigenvalue weighted by Gasteiger charge is -2.35. The van der Waals surface area contributed by atoms with Crippen LogP contribution in [-0.4, -0.2) is 58.7 Å². The Labute approximate surface area is 172 Å². The minimum Gasteiger partial charge on any atom is -0.341 e. The molecule has 1 amide bonds. The Bertz CT molecular complexity index is 802. The quantitative estimate of drug-likeness (QED) is 0.554. The zero-order chi connectivity index (χ0) is 20.6. The van der Waals surface area contributed by atoms with E-state index < -0.39 is 5.91 Å². The highest BCUT2D eigenvalue weighted by Crippen LogP contribution is 2.22. The molecule has 1 aromatic carbocycles. The lowest BCUT2D eigenvalue weighted by atomic mass is 9.96. The van der Waals surface area contributed by atoms with Gasteiger partial charge < -0.3 is 4.90 Å². The minimum absolute atomic E-state index is 0.241. The van der Waals surface area contributed by atoms with Crippen LogP contribution in [0.25, 0.3) is 6.08 Å². The van der Waals surface area contributed by atoms with Crippen LogP contribution in [-0.2, 0) is 0 Å². The SMILES string of the molecule is CC(/C=C/c1ccccc1)N(C)CC1CCN(c2ncc(C(=O)NO)cn2)CC1. The number of nitrogens with one attached hydrogen (secondary N) is 1. The maximum Gasteiger partial charge on any atom is 0.277 e. The largest absolute Gasteiger partial charge is 0.341 e. The number of hydrogen-bond acceptors (Lipinski definition) is 6. The first-order valence-corrected chi connectivity index (χ1v) is 10.0. The van der Waals surface area contributed by atoms with Gasteiger partial charge in [0.05, 0.1) is 5.56 Å². The van der Waals surface area contributed by atoms with Gasteiger partial charge in [-0.25, -0.2) is 15.4 Å². The molecule has 0 aliphatic carbocycles. The average Bonchev–Trinajstić information content (AvgIpc) is 2.78. The Hall–Kier alpha value is -2.77. The van der Waals surface area contributed by atoms with Gasteiger partial charge in [0.1, 0.15) is 0 Å². The first-order valence-electron chi connectivity index (χ1n) is 10.0. The molecule has 1 aliphatic heterocycles. The highest BCUT2D eigenvalue weighted by molar-refractivity contribution is 5.92. The smallest absolute Gasteiger partial charge is 0.277 e. The van der Waals surface area contributed by atoms with Crippen molar-refractivity contribution in [2.75, 3.05) is 31.6 Å². The molecule has 1 atom stereocenters. The number of hydroxylamine groups is 1. The van der Waals surface area contributed by atoms with Crippen LogP contribution in [0.1, 0.15) is 35.7 Å². The molecule has 2 N–H and O–H groups in total. The van der Waals surface area contributed by atoms with Crippen LogP contribution in [0.4, 0.5) is 5.95 Å². The molecule has 0 saturated carbocycles. The van der Waals surface area contributed by atoms with E-state index in [0.29, 0.717) is 17.9 Å². The summed E-state index contributed by atoms with van der Waals surface area (Å²) in [6.45, 7) is 5.09. The number of carbonyl (C=O) groups is 1. The lowest BCUT2D eigenvalue weighted by molar-refractivity contribution is 0.0705. The van der Waals surface area contributed by atoms with Gasteiger partial charge in [0, 0.05) is 38.1 Å². The number of rotatable bonds is 7. The molecule has 0 spiro atoms. The summed E-state index contributed by atoms with van der Waals surface area (Å²) in [4.78, 5) is 24.4. The van der Waals surface area contributed by atoms with Crippen molar-refractivity contribution in [2.24, 2.45) is 5.92 Å². The lowest BCUT2D eigenvalue weighted by Crippen LogP contribution is -2.40. The van der Waals surface area contributed by atoms with Crippen LogP contribution < -0.4 is 10.4 Å². The van der Waals surface area contributed by atoms with Gasteiger partial charge in [-0.15, -0.1) is 0 Å². The molecule has 1 aliphatic rings. The van der Waals surface area contributed by atoms with Crippen molar-refractivity contribution >= 4 is 17.9 Å². The fourth-order valence-electron chi connectivity index (χ4n) is 3.52. The molecule has 0 radical (unpaired) electrons. The molecule has 7 nitrogen and oxygen atoms in total. The number of carbonyl (C=O) groups excluding carboxylic acids is 1. The zero-order valence-electron chi connectivity index (χ0n) is 17.0. The number of anilines is 1. The summed E-state index contributed by atoms with van der Waals surface area (Å²) in [6, 6.07) is 10.8. The van der Waals surface area contributed by atoms with Crippen LogP contribution in [0, 0.1) is 5.92 Å². The van der Waals surface area contributed by atoms with Gasteiger partial charge >= 0.3 is 0 Å². The summed E-state index contributed by atoms with van der Waals surface area (Å²) >= 11 is 0. The molecular formula is C22H29N5O2. The second-order valence-electron chi connectivity index (χ2n) is 7.59. The van der Waals surface area contributed by atoms with E-state index in [1.807, 2.05) is 6.07 Å². The Morgan fingerprint density at radius 1 is 1.28 bits per heavy atom. The molecule has 1 saturated heterocycles. The maximum absolute atomic E-state index is 11.4. The fraction of sp³-hybridized carbons (Fsp3) is 0.409. The molecule has 3 rings (SSSR count). The van der Waals surface area contributed by atoms with E-state index in [0.717, 1.165) is 32.5 Å². The van der Waals surface area contributed by atoms with E-state index in [-0.39, 0.29) is 5.56 Å². The van der Waals surface area contributed by atoms with Gasteiger partial charge in [0.15, 0.2) is 0 Å². The van der Waals surface area contributed by atoms with Crippen LogP contribution in [0.5, 0.6) is 0 Å². The van der Waals surface area contributed by atoms with Gasteiger partial charge in [0.2, 0.25) is 5.95 Å². The predicted molar refractivity (Wildman–Crippen MR) is 114 cm³/mol. The number of benzene rings is 1. The first-order chi connectivity index (χ1) is 14.1. The number of aromatic nitrogens is 2. The number of likely N-dealkylation sites (N-methyl/N-ethyl adjacent to an activating group) is 1. The molecule has 29 heavy (non-hydrogen) atoms. The monoisotopic (exact) mass is 395 g/mol. The first kappa shape index (κ1) is 21.0. The van der Waals surface area contributed by atoms with Gasteiger partial charge in [-0.05, 0) is 38.3 Å². The van der Waals surface area contributed by atoms with Crippen molar-refractivity contribution in [3.05, 3.63) is 59.9 Å². The summed E-state index contributed by atoms with van der Waals surface area (Å²) in [5.74, 6) is 0.669. The van der Waals surface area contributed by atoms with E-state index in [1.165, 1.54) is 18.0 Å². The van der Waals surface area contributed by atoms with Gasteiger partial charge in [-0.1, -0.05) is 42.5 Å². The standard InChI is InChI=1S/C22H29N5O2/c1-17(8-9-18-6-4-3-5-7-18)26(2)16-19-10-12-27(13-11-19)22-23-14-20(15-24-22)21(28)25-29/h3-9,14-15,17,19,29H,10-13,16H2,1-2H3,(H,25,28)/b9-8+. The summed E-state index contributed by atoms with van der Waals surface area (Å²) in [5.41, 5.74) is 3.06. The van der Waals surface area contributed by atoms with Gasteiger partial charge in [-0.2, -0.15) is 0 Å². The highest BCUT2D eigenvalue weighted by atomic mass is 16.5. The molecule has 7 heteroatoms. The van der Waals surface area contributed by atoms with Crippen LogP contribution in [0.2, 0.25) is 0 Å². The maximum atomic E-state index is 11.4. The zero-order valence-corrected chi connectivity index (χ0v) is 17.0. The second kappa shape index (κ2) is 10.1. The van der Waals surface area contributed by atoms with Crippen molar-refractivity contribution in [1.82, 2.24) is 20.3 Å². The van der Waals surface area contributed by atoms with Gasteiger partial charge in [0.25, 0.3) is 5.91 Å².